The van der Waals surface area contributed by atoms with Gasteiger partial charge in [0.15, 0.2) is 0 Å². The van der Waals surface area contributed by atoms with E-state index in [4.69, 9.17) is 21.6 Å². The highest BCUT2D eigenvalue weighted by molar-refractivity contribution is 7.89. The lowest BCUT2D eigenvalue weighted by molar-refractivity contribution is 0.102. The summed E-state index contributed by atoms with van der Waals surface area (Å²) in [5, 5.41) is 11.8. The van der Waals surface area contributed by atoms with Crippen LogP contribution in [0.4, 0.5) is 5.69 Å². The molecule has 1 amide bonds. The number of carbonyl (C=O) groups is 1. The molecule has 0 unspecified atom stereocenters. The molecular formula is C19H18ClN3O4S. The summed E-state index contributed by atoms with van der Waals surface area (Å²) in [6.07, 6.45) is 1.61. The molecule has 28 heavy (non-hydrogen) atoms. The molecule has 0 bridgehead atoms. The molecule has 0 spiro atoms. The molecule has 9 heteroatoms. The first-order valence-electron chi connectivity index (χ1n) is 8.56. The highest BCUT2D eigenvalue weighted by Crippen LogP contribution is 2.30. The summed E-state index contributed by atoms with van der Waals surface area (Å²) in [6.45, 7) is 0.900. The summed E-state index contributed by atoms with van der Waals surface area (Å²) in [4.78, 5) is 12.6. The van der Waals surface area contributed by atoms with E-state index in [1.165, 1.54) is 41.7 Å². The van der Waals surface area contributed by atoms with Gasteiger partial charge in [0.25, 0.3) is 5.91 Å². The number of carbonyl (C=O) groups excluding carboxylic acids is 1. The lowest BCUT2D eigenvalue weighted by Crippen LogP contribution is -2.28. The van der Waals surface area contributed by atoms with Gasteiger partial charge in [0, 0.05) is 24.3 Å². The van der Waals surface area contributed by atoms with E-state index in [0.717, 1.165) is 12.8 Å². The van der Waals surface area contributed by atoms with Crippen LogP contribution in [0.25, 0.3) is 0 Å². The molecule has 0 saturated carbocycles. The summed E-state index contributed by atoms with van der Waals surface area (Å²) in [7, 11) is -2.37. The Bertz CT molecular complexity index is 1060. The van der Waals surface area contributed by atoms with Crippen molar-refractivity contribution in [1.29, 1.82) is 5.26 Å². The highest BCUT2D eigenvalue weighted by Gasteiger charge is 2.30. The van der Waals surface area contributed by atoms with Crippen LogP contribution in [0.3, 0.4) is 0 Å². The van der Waals surface area contributed by atoms with Crippen LogP contribution in [0.15, 0.2) is 41.3 Å². The van der Waals surface area contributed by atoms with Crippen LogP contribution < -0.4 is 10.1 Å². The zero-order valence-corrected chi connectivity index (χ0v) is 16.7. The number of benzene rings is 2. The Kier molecular flexibility index (Phi) is 5.89. The first-order chi connectivity index (χ1) is 13.4. The highest BCUT2D eigenvalue weighted by atomic mass is 35.5. The van der Waals surface area contributed by atoms with Gasteiger partial charge in [0.1, 0.15) is 16.7 Å². The number of ether oxygens (including phenoxy) is 1. The first-order valence-corrected chi connectivity index (χ1v) is 10.4. The molecule has 2 aromatic carbocycles. The van der Waals surface area contributed by atoms with Crippen LogP contribution in [0, 0.1) is 11.3 Å². The van der Waals surface area contributed by atoms with E-state index in [2.05, 4.69) is 5.32 Å². The van der Waals surface area contributed by atoms with Crippen molar-refractivity contribution in [1.82, 2.24) is 4.31 Å². The molecule has 3 rings (SSSR count). The van der Waals surface area contributed by atoms with E-state index in [-0.39, 0.29) is 21.2 Å². The Balaban J connectivity index is 1.91. The van der Waals surface area contributed by atoms with Gasteiger partial charge in [-0.05, 0) is 49.2 Å². The Morgan fingerprint density at radius 3 is 2.54 bits per heavy atom. The zero-order chi connectivity index (χ0) is 20.3. The fourth-order valence-electron chi connectivity index (χ4n) is 2.97. The number of nitriles is 1. The van der Waals surface area contributed by atoms with Gasteiger partial charge in [-0.25, -0.2) is 8.42 Å². The van der Waals surface area contributed by atoms with Crippen molar-refractivity contribution < 1.29 is 17.9 Å². The maximum Gasteiger partial charge on any atom is 0.255 e. The SMILES string of the molecule is COc1ccc(C(=O)Nc2ccc(C#N)c(Cl)c2)cc1S(=O)(=O)N1CCCC1. The van der Waals surface area contributed by atoms with E-state index in [1.54, 1.807) is 6.07 Å². The van der Waals surface area contributed by atoms with Gasteiger partial charge in [0.05, 0.1) is 17.7 Å². The molecule has 146 valence electrons. The molecule has 1 N–H and O–H groups in total. The topological polar surface area (TPSA) is 99.5 Å². The van der Waals surface area contributed by atoms with Gasteiger partial charge in [0.2, 0.25) is 10.0 Å². The van der Waals surface area contributed by atoms with Crippen LogP contribution >= 0.6 is 11.6 Å². The fraction of sp³-hybridized carbons (Fsp3) is 0.263. The third-order valence-electron chi connectivity index (χ3n) is 4.46. The number of sulfonamides is 1. The average molecular weight is 420 g/mol. The maximum absolute atomic E-state index is 12.9. The third-order valence-corrected chi connectivity index (χ3v) is 6.69. The minimum Gasteiger partial charge on any atom is -0.495 e. The van der Waals surface area contributed by atoms with Crippen molar-refractivity contribution in [2.24, 2.45) is 0 Å². The second-order valence-corrected chi connectivity index (χ2v) is 8.55. The zero-order valence-electron chi connectivity index (χ0n) is 15.1. The molecule has 1 aliphatic heterocycles. The minimum absolute atomic E-state index is 0.0394. The number of hydrogen-bond donors (Lipinski definition) is 1. The predicted octanol–water partition coefficient (Wildman–Crippen LogP) is 3.26. The lowest BCUT2D eigenvalue weighted by Gasteiger charge is -2.18. The van der Waals surface area contributed by atoms with Gasteiger partial charge in [-0.1, -0.05) is 11.6 Å². The minimum atomic E-state index is -3.75. The molecule has 1 heterocycles. The Hall–Kier alpha value is -2.60. The number of halogens is 1. The second kappa shape index (κ2) is 8.19. The summed E-state index contributed by atoms with van der Waals surface area (Å²) in [6, 6.07) is 10.7. The van der Waals surface area contributed by atoms with Crippen LogP contribution in [-0.2, 0) is 10.0 Å². The summed E-state index contributed by atoms with van der Waals surface area (Å²) >= 11 is 5.98. The van der Waals surface area contributed by atoms with Gasteiger partial charge in [-0.3, -0.25) is 4.79 Å². The number of amides is 1. The van der Waals surface area contributed by atoms with E-state index in [1.807, 2.05) is 6.07 Å². The van der Waals surface area contributed by atoms with Crippen LogP contribution in [-0.4, -0.2) is 38.8 Å². The Labute approximate surface area is 168 Å². The fourth-order valence-corrected chi connectivity index (χ4v) is 4.90. The molecule has 0 atom stereocenters. The normalized spacial score (nSPS) is 14.5. The Morgan fingerprint density at radius 2 is 1.93 bits per heavy atom. The van der Waals surface area contributed by atoms with Crippen molar-refractivity contribution in [3.05, 3.63) is 52.5 Å². The van der Waals surface area contributed by atoms with Gasteiger partial charge in [-0.15, -0.1) is 0 Å². The maximum atomic E-state index is 12.9. The van der Waals surface area contributed by atoms with Gasteiger partial charge < -0.3 is 10.1 Å². The van der Waals surface area contributed by atoms with E-state index in [9.17, 15) is 13.2 Å². The second-order valence-electron chi connectivity index (χ2n) is 6.24. The van der Waals surface area contributed by atoms with E-state index < -0.39 is 15.9 Å². The molecule has 7 nitrogen and oxygen atoms in total. The summed E-state index contributed by atoms with van der Waals surface area (Å²) < 4.78 is 32.5. The van der Waals surface area contributed by atoms with Gasteiger partial charge >= 0.3 is 0 Å². The molecule has 1 aliphatic rings. The monoisotopic (exact) mass is 419 g/mol. The van der Waals surface area contributed by atoms with Gasteiger partial charge in [-0.2, -0.15) is 9.57 Å². The largest absolute Gasteiger partial charge is 0.495 e. The van der Waals surface area contributed by atoms with Crippen molar-refractivity contribution in [3.8, 4) is 11.8 Å². The number of rotatable bonds is 5. The molecule has 1 saturated heterocycles. The molecule has 0 aliphatic carbocycles. The number of nitrogens with one attached hydrogen (secondary N) is 1. The number of hydrogen-bond acceptors (Lipinski definition) is 5. The summed E-state index contributed by atoms with van der Waals surface area (Å²) in [5.41, 5.74) is 0.857. The lowest BCUT2D eigenvalue weighted by atomic mass is 10.2. The average Bonchev–Trinajstić information content (AvgIpc) is 3.23. The predicted molar refractivity (Wildman–Crippen MR) is 105 cm³/mol. The Morgan fingerprint density at radius 1 is 1.21 bits per heavy atom. The summed E-state index contributed by atoms with van der Waals surface area (Å²) in [5.74, 6) is -0.314. The quantitative estimate of drug-likeness (QED) is 0.801. The van der Waals surface area contributed by atoms with Crippen LogP contribution in [0.1, 0.15) is 28.8 Å². The van der Waals surface area contributed by atoms with Crippen LogP contribution in [0.5, 0.6) is 5.75 Å². The molecule has 0 radical (unpaired) electrons. The smallest absolute Gasteiger partial charge is 0.255 e. The van der Waals surface area contributed by atoms with E-state index >= 15 is 0 Å². The van der Waals surface area contributed by atoms with Crippen molar-refractivity contribution in [2.45, 2.75) is 17.7 Å². The standard InChI is InChI=1S/C19H18ClN3O4S/c1-27-17-7-5-13(10-18(17)28(25,26)23-8-2-3-9-23)19(24)22-15-6-4-14(12-21)16(20)11-15/h4-7,10-11H,2-3,8-9H2,1H3,(H,22,24). The van der Waals surface area contributed by atoms with Crippen LogP contribution in [0.2, 0.25) is 5.02 Å². The molecule has 1 fully saturated rings. The third kappa shape index (κ3) is 3.97. The van der Waals surface area contributed by atoms with Crippen molar-refractivity contribution in [2.75, 3.05) is 25.5 Å². The first kappa shape index (κ1) is 20.1. The number of methoxy groups -OCH3 is 1. The van der Waals surface area contributed by atoms with Crippen molar-refractivity contribution >= 4 is 33.2 Å². The van der Waals surface area contributed by atoms with E-state index in [0.29, 0.717) is 24.3 Å². The number of nitrogens with zero attached hydrogens (tertiary/aromatic N) is 2. The molecule has 2 aromatic rings. The number of anilines is 1. The van der Waals surface area contributed by atoms with Crippen molar-refractivity contribution in [3.63, 3.8) is 0 Å². The molecular weight excluding hydrogens is 402 g/mol. The molecule has 0 aromatic heterocycles.